The van der Waals surface area contributed by atoms with Crippen LogP contribution in [-0.2, 0) is 0 Å². The van der Waals surface area contributed by atoms with Crippen LogP contribution < -0.4 is 10.6 Å². The van der Waals surface area contributed by atoms with Gasteiger partial charge in [-0.3, -0.25) is 0 Å². The van der Waals surface area contributed by atoms with Crippen molar-refractivity contribution in [3.63, 3.8) is 0 Å². The van der Waals surface area contributed by atoms with E-state index < -0.39 is 0 Å². The van der Waals surface area contributed by atoms with Gasteiger partial charge in [-0.15, -0.1) is 0 Å². The average molecular weight is 304 g/mol. The summed E-state index contributed by atoms with van der Waals surface area (Å²) in [4.78, 5) is 0.857. The van der Waals surface area contributed by atoms with Crippen molar-refractivity contribution < 1.29 is 5.11 Å². The molecule has 1 fully saturated rings. The number of rotatable bonds is 1. The van der Waals surface area contributed by atoms with Crippen LogP contribution in [-0.4, -0.2) is 28.8 Å². The van der Waals surface area contributed by atoms with Gasteiger partial charge in [-0.25, -0.2) is 0 Å². The molecule has 114 valence electrons. The summed E-state index contributed by atoms with van der Waals surface area (Å²) < 4.78 is 0. The minimum absolute atomic E-state index is 0.250. The third-order valence-corrected chi connectivity index (χ3v) is 4.03. The molecular weight excluding hydrogens is 280 g/mol. The van der Waals surface area contributed by atoms with Crippen LogP contribution in [0.3, 0.4) is 0 Å². The van der Waals surface area contributed by atoms with E-state index in [1.807, 2.05) is 6.07 Å². The summed E-state index contributed by atoms with van der Waals surface area (Å²) in [6, 6.07) is 11.4. The number of nitrogens with one attached hydrogen (secondary N) is 2. The van der Waals surface area contributed by atoms with E-state index in [1.54, 1.807) is 6.92 Å². The van der Waals surface area contributed by atoms with E-state index in [0.29, 0.717) is 12.1 Å². The van der Waals surface area contributed by atoms with Crippen molar-refractivity contribution in [2.45, 2.75) is 44.7 Å². The van der Waals surface area contributed by atoms with E-state index in [2.05, 4.69) is 41.0 Å². The minimum atomic E-state index is 0.250. The lowest BCUT2D eigenvalue weighted by Gasteiger charge is -2.32. The minimum Gasteiger partial charge on any atom is -0.397 e. The normalized spacial score (nSPS) is 24.3. The van der Waals surface area contributed by atoms with E-state index in [0.717, 1.165) is 10.7 Å². The summed E-state index contributed by atoms with van der Waals surface area (Å²) in [6.07, 6.45) is 7.12. The molecule has 1 aromatic rings. The lowest BCUT2D eigenvalue weighted by Crippen LogP contribution is -2.48. The Morgan fingerprint density at radius 1 is 1.10 bits per heavy atom. The summed E-state index contributed by atoms with van der Waals surface area (Å²) in [6.45, 7) is 1.93. The van der Waals surface area contributed by atoms with Gasteiger partial charge >= 0.3 is 0 Å². The Kier molecular flexibility index (Phi) is 6.21. The highest BCUT2D eigenvalue weighted by molar-refractivity contribution is 7.80. The van der Waals surface area contributed by atoms with Crippen molar-refractivity contribution in [2.24, 2.45) is 0 Å². The maximum absolute atomic E-state index is 7.57. The first-order chi connectivity index (χ1) is 10.2. The van der Waals surface area contributed by atoms with Crippen molar-refractivity contribution in [3.05, 3.63) is 42.0 Å². The van der Waals surface area contributed by atoms with Gasteiger partial charge in [-0.05, 0) is 31.4 Å². The molecule has 0 aromatic heterocycles. The third-order valence-electron chi connectivity index (χ3n) is 3.79. The second kappa shape index (κ2) is 8.15. The van der Waals surface area contributed by atoms with Crippen LogP contribution in [0.5, 0.6) is 0 Å². The fourth-order valence-electron chi connectivity index (χ4n) is 2.86. The Hall–Kier alpha value is -1.39. The smallest absolute Gasteiger partial charge is 0.101 e. The molecule has 21 heavy (non-hydrogen) atoms. The molecule has 0 bridgehead atoms. The molecule has 0 unspecified atom stereocenters. The van der Waals surface area contributed by atoms with E-state index >= 15 is 0 Å². The van der Waals surface area contributed by atoms with Gasteiger partial charge in [0.2, 0.25) is 0 Å². The Balaban J connectivity index is 0.000000497. The molecule has 2 atom stereocenters. The van der Waals surface area contributed by atoms with Crippen LogP contribution in [0.25, 0.3) is 5.70 Å². The predicted octanol–water partition coefficient (Wildman–Crippen LogP) is 2.86. The quantitative estimate of drug-likeness (QED) is 0.698. The Morgan fingerprint density at radius 2 is 1.67 bits per heavy atom. The second-order valence-electron chi connectivity index (χ2n) is 5.39. The highest BCUT2D eigenvalue weighted by atomic mass is 32.1. The lowest BCUT2D eigenvalue weighted by molar-refractivity contribution is 0.318. The van der Waals surface area contributed by atoms with Gasteiger partial charge in [0.15, 0.2) is 0 Å². The van der Waals surface area contributed by atoms with E-state index in [4.69, 9.17) is 17.3 Å². The number of hydrogen-bond donors (Lipinski definition) is 3. The van der Waals surface area contributed by atoms with Gasteiger partial charge in [-0.2, -0.15) is 0 Å². The molecule has 1 saturated carbocycles. The van der Waals surface area contributed by atoms with Crippen molar-refractivity contribution in [1.82, 2.24) is 10.6 Å². The molecule has 0 amide bonds. The van der Waals surface area contributed by atoms with Gasteiger partial charge in [0, 0.05) is 24.4 Å². The van der Waals surface area contributed by atoms with Crippen LogP contribution >= 0.6 is 12.2 Å². The van der Waals surface area contributed by atoms with Gasteiger partial charge in [-0.1, -0.05) is 55.4 Å². The van der Waals surface area contributed by atoms with Crippen LogP contribution in [0.1, 0.15) is 38.2 Å². The van der Waals surface area contributed by atoms with E-state index in [9.17, 15) is 0 Å². The van der Waals surface area contributed by atoms with Crippen LogP contribution in [0.2, 0.25) is 0 Å². The van der Waals surface area contributed by atoms with Crippen molar-refractivity contribution in [3.8, 4) is 0 Å². The predicted molar refractivity (Wildman–Crippen MR) is 92.1 cm³/mol. The zero-order chi connectivity index (χ0) is 15.1. The summed E-state index contributed by atoms with van der Waals surface area (Å²) in [7, 11) is 0. The van der Waals surface area contributed by atoms with Crippen molar-refractivity contribution in [1.29, 1.82) is 0 Å². The summed E-state index contributed by atoms with van der Waals surface area (Å²) in [5.41, 5.74) is 2.37. The Morgan fingerprint density at radius 3 is 2.29 bits per heavy atom. The van der Waals surface area contributed by atoms with Gasteiger partial charge in [0.05, 0.1) is 0 Å². The number of aliphatic hydroxyl groups excluding tert-OH is 1. The number of benzene rings is 1. The van der Waals surface area contributed by atoms with E-state index in [1.165, 1.54) is 31.2 Å². The molecule has 0 spiro atoms. The zero-order valence-corrected chi connectivity index (χ0v) is 13.3. The number of thiocarbonyl (C=S) groups is 1. The first-order valence-corrected chi connectivity index (χ1v) is 8.10. The van der Waals surface area contributed by atoms with E-state index in [-0.39, 0.29) is 6.61 Å². The van der Waals surface area contributed by atoms with Crippen LogP contribution in [0.4, 0.5) is 0 Å². The molecule has 1 aromatic carbocycles. The molecule has 0 saturated heterocycles. The summed E-state index contributed by atoms with van der Waals surface area (Å²) >= 11 is 5.41. The molecule has 3 rings (SSSR count). The number of aliphatic hydroxyl groups is 1. The largest absolute Gasteiger partial charge is 0.397 e. The standard InChI is InChI=1S/C15H18N2S.C2H6O/c18-15-10-14(11-6-2-1-3-7-11)16-12-8-4-5-9-13(12)17-15;1-2-3/h1-3,6-7,10,12-13,16H,4-5,8-9H2,(H,17,18);3H,2H2,1H3/t12-,13-;/m1./s1. The first-order valence-electron chi connectivity index (χ1n) is 7.69. The molecular formula is C17H24N2OS. The molecule has 0 radical (unpaired) electrons. The van der Waals surface area contributed by atoms with Gasteiger partial charge in [0.25, 0.3) is 0 Å². The maximum atomic E-state index is 7.57. The maximum Gasteiger partial charge on any atom is 0.101 e. The third kappa shape index (κ3) is 4.55. The monoisotopic (exact) mass is 304 g/mol. The lowest BCUT2D eigenvalue weighted by atomic mass is 9.90. The number of fused-ring (bicyclic) bond motifs is 1. The number of hydrogen-bond acceptors (Lipinski definition) is 3. The van der Waals surface area contributed by atoms with Gasteiger partial charge < -0.3 is 15.7 Å². The van der Waals surface area contributed by atoms with Crippen LogP contribution in [0, 0.1) is 0 Å². The second-order valence-corrected chi connectivity index (χ2v) is 5.83. The fourth-order valence-corrected chi connectivity index (χ4v) is 3.13. The van der Waals surface area contributed by atoms with Crippen molar-refractivity contribution in [2.75, 3.05) is 6.61 Å². The fraction of sp³-hybridized carbons (Fsp3) is 0.471. The molecule has 3 N–H and O–H groups in total. The first kappa shape index (κ1) is 16.0. The zero-order valence-electron chi connectivity index (χ0n) is 12.5. The Labute approximate surface area is 132 Å². The highest BCUT2D eigenvalue weighted by Gasteiger charge is 2.28. The SMILES string of the molecule is CCO.S=C1C=C(c2ccccc2)N[C@@H]2CCCC[C@H]2N1. The molecule has 2 aliphatic rings. The van der Waals surface area contributed by atoms with Gasteiger partial charge in [0.1, 0.15) is 4.99 Å². The molecule has 1 heterocycles. The Bertz CT molecular complexity index is 487. The molecule has 1 aliphatic heterocycles. The summed E-state index contributed by atoms with van der Waals surface area (Å²) in [5, 5.41) is 14.7. The molecule has 4 heteroatoms. The summed E-state index contributed by atoms with van der Waals surface area (Å²) in [5.74, 6) is 0. The molecule has 1 aliphatic carbocycles. The van der Waals surface area contributed by atoms with Crippen LogP contribution in [0.15, 0.2) is 36.4 Å². The molecule has 3 nitrogen and oxygen atoms in total. The van der Waals surface area contributed by atoms with Crippen molar-refractivity contribution >= 4 is 22.9 Å². The topological polar surface area (TPSA) is 44.3 Å². The average Bonchev–Trinajstić information content (AvgIpc) is 2.67. The highest BCUT2D eigenvalue weighted by Crippen LogP contribution is 2.24.